The van der Waals surface area contributed by atoms with Gasteiger partial charge in [-0.25, -0.2) is 8.42 Å². The van der Waals surface area contributed by atoms with E-state index in [1.807, 2.05) is 31.2 Å². The van der Waals surface area contributed by atoms with Crippen LogP contribution in [0.25, 0.3) is 0 Å². The summed E-state index contributed by atoms with van der Waals surface area (Å²) in [5.41, 5.74) is 2.42. The Morgan fingerprint density at radius 2 is 1.70 bits per heavy atom. The minimum Gasteiger partial charge on any atom is -0.384 e. The summed E-state index contributed by atoms with van der Waals surface area (Å²) in [5.74, 6) is -0.354. The Morgan fingerprint density at radius 1 is 1.04 bits per heavy atom. The summed E-state index contributed by atoms with van der Waals surface area (Å²) in [5, 5.41) is 2.86. The highest BCUT2D eigenvalue weighted by molar-refractivity contribution is 7.91. The van der Waals surface area contributed by atoms with E-state index in [-0.39, 0.29) is 23.2 Å². The van der Waals surface area contributed by atoms with Gasteiger partial charge in [-0.15, -0.1) is 0 Å². The Kier molecular flexibility index (Phi) is 7.97. The topological polar surface area (TPSA) is 81.7 Å². The van der Waals surface area contributed by atoms with Gasteiger partial charge in [0, 0.05) is 25.8 Å². The number of nitrogens with one attached hydrogen (secondary N) is 1. The third kappa shape index (κ3) is 6.16. The molecular formula is C20H25NO5S. The van der Waals surface area contributed by atoms with Gasteiger partial charge in [-0.3, -0.25) is 4.79 Å². The number of benzene rings is 2. The molecule has 0 saturated heterocycles. The van der Waals surface area contributed by atoms with Crippen LogP contribution in [0.2, 0.25) is 0 Å². The summed E-state index contributed by atoms with van der Waals surface area (Å²) < 4.78 is 34.5. The Bertz CT molecular complexity index is 847. The van der Waals surface area contributed by atoms with Crippen LogP contribution >= 0.6 is 0 Å². The first kappa shape index (κ1) is 21.1. The molecule has 0 aliphatic carbocycles. The lowest BCUT2D eigenvalue weighted by Crippen LogP contribution is -2.23. The van der Waals surface area contributed by atoms with E-state index in [0.29, 0.717) is 25.3 Å². The normalized spacial score (nSPS) is 11.3. The molecule has 146 valence electrons. The molecule has 1 N–H and O–H groups in total. The average molecular weight is 391 g/mol. The zero-order valence-electron chi connectivity index (χ0n) is 15.6. The molecule has 0 spiro atoms. The number of carbonyl (C=O) groups is 1. The summed E-state index contributed by atoms with van der Waals surface area (Å²) in [6, 6.07) is 13.7. The van der Waals surface area contributed by atoms with Gasteiger partial charge < -0.3 is 14.8 Å². The van der Waals surface area contributed by atoms with E-state index in [9.17, 15) is 13.2 Å². The third-order valence-corrected chi connectivity index (χ3v) is 5.75. The summed E-state index contributed by atoms with van der Waals surface area (Å²) in [4.78, 5) is 12.5. The van der Waals surface area contributed by atoms with Gasteiger partial charge in [0.1, 0.15) is 0 Å². The second kappa shape index (κ2) is 10.2. The van der Waals surface area contributed by atoms with Crippen molar-refractivity contribution in [3.8, 4) is 0 Å². The molecule has 0 aliphatic heterocycles. The minimum atomic E-state index is -3.41. The number of carbonyl (C=O) groups excluding carboxylic acids is 1. The molecule has 0 heterocycles. The van der Waals surface area contributed by atoms with Crippen molar-refractivity contribution in [1.82, 2.24) is 5.32 Å². The maximum atomic E-state index is 12.4. The molecule has 27 heavy (non-hydrogen) atoms. The van der Waals surface area contributed by atoms with Crippen molar-refractivity contribution in [1.29, 1.82) is 0 Å². The quantitative estimate of drug-likeness (QED) is 0.673. The maximum absolute atomic E-state index is 12.4. The highest BCUT2D eigenvalue weighted by Crippen LogP contribution is 2.14. The highest BCUT2D eigenvalue weighted by Gasteiger charge is 2.15. The number of amides is 1. The van der Waals surface area contributed by atoms with Crippen molar-refractivity contribution < 1.29 is 22.7 Å². The summed E-state index contributed by atoms with van der Waals surface area (Å²) in [7, 11) is -1.95. The highest BCUT2D eigenvalue weighted by atomic mass is 32.2. The lowest BCUT2D eigenvalue weighted by Gasteiger charge is -2.11. The molecule has 2 aromatic rings. The first-order valence-electron chi connectivity index (χ1n) is 8.72. The average Bonchev–Trinajstić information content (AvgIpc) is 2.69. The van der Waals surface area contributed by atoms with E-state index in [4.69, 9.17) is 9.47 Å². The molecule has 6 nitrogen and oxygen atoms in total. The molecule has 7 heteroatoms. The van der Waals surface area contributed by atoms with Crippen LogP contribution < -0.4 is 5.32 Å². The maximum Gasteiger partial charge on any atom is 0.251 e. The Morgan fingerprint density at radius 3 is 2.33 bits per heavy atom. The van der Waals surface area contributed by atoms with Crippen LogP contribution in [0.4, 0.5) is 0 Å². The minimum absolute atomic E-state index is 0.0916. The molecule has 1 amide bonds. The van der Waals surface area contributed by atoms with E-state index in [1.54, 1.807) is 0 Å². The van der Waals surface area contributed by atoms with Crippen LogP contribution in [0.3, 0.4) is 0 Å². The van der Waals surface area contributed by atoms with Crippen LogP contribution in [0.5, 0.6) is 0 Å². The number of methoxy groups -OCH3 is 1. The summed E-state index contributed by atoms with van der Waals surface area (Å²) in [6.07, 6.45) is 0. The predicted octanol–water partition coefficient (Wildman–Crippen LogP) is 2.57. The van der Waals surface area contributed by atoms with Gasteiger partial charge in [0.25, 0.3) is 5.91 Å². The van der Waals surface area contributed by atoms with Gasteiger partial charge >= 0.3 is 0 Å². The molecule has 0 unspecified atom stereocenters. The molecule has 0 aliphatic rings. The van der Waals surface area contributed by atoms with Gasteiger partial charge in [0.15, 0.2) is 9.84 Å². The van der Waals surface area contributed by atoms with Crippen molar-refractivity contribution >= 4 is 15.7 Å². The lowest BCUT2D eigenvalue weighted by molar-refractivity contribution is 0.0949. The SMILES string of the molecule is CCOCc1ccccc1CNC(=O)c1ccc(S(=O)(=O)CCOC)cc1. The fourth-order valence-corrected chi connectivity index (χ4v) is 3.66. The van der Waals surface area contributed by atoms with E-state index < -0.39 is 9.84 Å². The third-order valence-electron chi connectivity index (χ3n) is 4.05. The fourth-order valence-electron chi connectivity index (χ4n) is 2.48. The molecule has 0 radical (unpaired) electrons. The molecule has 2 aromatic carbocycles. The van der Waals surface area contributed by atoms with Crippen LogP contribution in [0, 0.1) is 0 Å². The second-order valence-electron chi connectivity index (χ2n) is 5.92. The molecule has 0 fully saturated rings. The number of rotatable bonds is 10. The molecular weight excluding hydrogens is 366 g/mol. The second-order valence-corrected chi connectivity index (χ2v) is 8.03. The molecule has 0 bridgehead atoms. The smallest absolute Gasteiger partial charge is 0.251 e. The van der Waals surface area contributed by atoms with E-state index in [0.717, 1.165) is 11.1 Å². The molecule has 0 aromatic heterocycles. The number of hydrogen-bond donors (Lipinski definition) is 1. The van der Waals surface area contributed by atoms with E-state index in [1.165, 1.54) is 31.4 Å². The zero-order chi connectivity index (χ0) is 19.7. The van der Waals surface area contributed by atoms with Crippen LogP contribution in [-0.2, 0) is 32.5 Å². The Balaban J connectivity index is 2.01. The van der Waals surface area contributed by atoms with Crippen molar-refractivity contribution in [2.24, 2.45) is 0 Å². The fraction of sp³-hybridized carbons (Fsp3) is 0.350. The summed E-state index contributed by atoms with van der Waals surface area (Å²) in [6.45, 7) is 3.56. The monoisotopic (exact) mass is 391 g/mol. The molecule has 0 atom stereocenters. The van der Waals surface area contributed by atoms with Crippen LogP contribution in [-0.4, -0.2) is 40.4 Å². The van der Waals surface area contributed by atoms with E-state index in [2.05, 4.69) is 5.32 Å². The predicted molar refractivity (Wildman–Crippen MR) is 103 cm³/mol. The lowest BCUT2D eigenvalue weighted by atomic mass is 10.1. The first-order chi connectivity index (χ1) is 13.0. The first-order valence-corrected chi connectivity index (χ1v) is 10.4. The van der Waals surface area contributed by atoms with Gasteiger partial charge in [0.2, 0.25) is 0 Å². The number of ether oxygens (including phenoxy) is 2. The largest absolute Gasteiger partial charge is 0.384 e. The molecule has 2 rings (SSSR count). The van der Waals surface area contributed by atoms with Crippen molar-refractivity contribution in [2.75, 3.05) is 26.1 Å². The zero-order valence-corrected chi connectivity index (χ0v) is 16.4. The molecule has 0 saturated carbocycles. The Labute approximate surface area is 160 Å². The van der Waals surface area contributed by atoms with Gasteiger partial charge in [0.05, 0.1) is 23.9 Å². The van der Waals surface area contributed by atoms with Gasteiger partial charge in [-0.2, -0.15) is 0 Å². The van der Waals surface area contributed by atoms with Crippen molar-refractivity contribution in [3.63, 3.8) is 0 Å². The summed E-state index contributed by atoms with van der Waals surface area (Å²) >= 11 is 0. The standard InChI is InChI=1S/C20H25NO5S/c1-3-26-15-18-7-5-4-6-17(18)14-21-20(22)16-8-10-19(11-9-16)27(23,24)13-12-25-2/h4-11H,3,12-15H2,1-2H3,(H,21,22). The van der Waals surface area contributed by atoms with Gasteiger partial charge in [-0.05, 0) is 42.3 Å². The van der Waals surface area contributed by atoms with Gasteiger partial charge in [-0.1, -0.05) is 24.3 Å². The number of hydrogen-bond acceptors (Lipinski definition) is 5. The van der Waals surface area contributed by atoms with Crippen molar-refractivity contribution in [2.45, 2.75) is 25.0 Å². The van der Waals surface area contributed by atoms with Crippen LogP contribution in [0.1, 0.15) is 28.4 Å². The van der Waals surface area contributed by atoms with Crippen molar-refractivity contribution in [3.05, 3.63) is 65.2 Å². The van der Waals surface area contributed by atoms with Crippen LogP contribution in [0.15, 0.2) is 53.4 Å². The van der Waals surface area contributed by atoms with E-state index >= 15 is 0 Å². The number of sulfone groups is 1. The Hall–Kier alpha value is -2.22.